The van der Waals surface area contributed by atoms with Crippen LogP contribution in [-0.4, -0.2) is 27.9 Å². The number of hydrogen-bond acceptors (Lipinski definition) is 5. The SMILES string of the molecule is CC(C)(C)OC(=O)Nc1nc2c(s1)CC(O)CC2. The number of ether oxygens (including phenoxy) is 1. The van der Waals surface area contributed by atoms with Crippen LogP contribution in [0, 0.1) is 0 Å². The summed E-state index contributed by atoms with van der Waals surface area (Å²) in [7, 11) is 0. The van der Waals surface area contributed by atoms with Crippen molar-refractivity contribution >= 4 is 22.6 Å². The van der Waals surface area contributed by atoms with Gasteiger partial charge in [-0.05, 0) is 33.6 Å². The minimum absolute atomic E-state index is 0.285. The maximum atomic E-state index is 11.6. The molecule has 1 unspecified atom stereocenters. The van der Waals surface area contributed by atoms with Gasteiger partial charge in [0, 0.05) is 11.3 Å². The van der Waals surface area contributed by atoms with Crippen LogP contribution < -0.4 is 5.32 Å². The minimum atomic E-state index is -0.517. The molecule has 100 valence electrons. The van der Waals surface area contributed by atoms with E-state index in [2.05, 4.69) is 10.3 Å². The van der Waals surface area contributed by atoms with Crippen LogP contribution in [0.3, 0.4) is 0 Å². The zero-order chi connectivity index (χ0) is 13.3. The summed E-state index contributed by atoms with van der Waals surface area (Å²) in [6.45, 7) is 5.45. The number of carbonyl (C=O) groups excluding carboxylic acids is 1. The molecular weight excluding hydrogens is 252 g/mol. The van der Waals surface area contributed by atoms with Crippen LogP contribution >= 0.6 is 11.3 Å². The molecule has 6 heteroatoms. The Labute approximate surface area is 110 Å². The number of nitrogens with one attached hydrogen (secondary N) is 1. The molecule has 1 heterocycles. The Kier molecular flexibility index (Phi) is 3.59. The van der Waals surface area contributed by atoms with Crippen LogP contribution in [0.1, 0.15) is 37.8 Å². The number of aromatic nitrogens is 1. The number of aliphatic hydroxyl groups excluding tert-OH is 1. The van der Waals surface area contributed by atoms with Crippen molar-refractivity contribution in [2.24, 2.45) is 0 Å². The van der Waals surface area contributed by atoms with Gasteiger partial charge in [-0.1, -0.05) is 0 Å². The lowest BCUT2D eigenvalue weighted by Gasteiger charge is -2.18. The second-order valence-corrected chi connectivity index (χ2v) is 6.50. The molecule has 0 bridgehead atoms. The topological polar surface area (TPSA) is 71.5 Å². The average Bonchev–Trinajstić information content (AvgIpc) is 2.55. The molecule has 1 aromatic heterocycles. The number of hydrogen-bond donors (Lipinski definition) is 2. The smallest absolute Gasteiger partial charge is 0.413 e. The van der Waals surface area contributed by atoms with Gasteiger partial charge in [0.1, 0.15) is 5.60 Å². The van der Waals surface area contributed by atoms with E-state index in [0.717, 1.165) is 23.4 Å². The number of aliphatic hydroxyl groups is 1. The van der Waals surface area contributed by atoms with Crippen molar-refractivity contribution in [3.05, 3.63) is 10.6 Å². The van der Waals surface area contributed by atoms with Crippen molar-refractivity contribution in [2.45, 2.75) is 51.7 Å². The van der Waals surface area contributed by atoms with Crippen molar-refractivity contribution in [3.8, 4) is 0 Å². The zero-order valence-electron chi connectivity index (χ0n) is 10.8. The third kappa shape index (κ3) is 3.43. The van der Waals surface area contributed by atoms with Gasteiger partial charge >= 0.3 is 6.09 Å². The molecule has 0 saturated carbocycles. The summed E-state index contributed by atoms with van der Waals surface area (Å²) in [6, 6.07) is 0. The van der Waals surface area contributed by atoms with Crippen molar-refractivity contribution in [1.29, 1.82) is 0 Å². The van der Waals surface area contributed by atoms with Crippen LogP contribution in [-0.2, 0) is 17.6 Å². The number of rotatable bonds is 1. The molecule has 0 radical (unpaired) electrons. The first kappa shape index (κ1) is 13.3. The summed E-state index contributed by atoms with van der Waals surface area (Å²) in [5, 5.41) is 12.7. The summed E-state index contributed by atoms with van der Waals surface area (Å²) in [6.07, 6.45) is 1.36. The monoisotopic (exact) mass is 270 g/mol. The lowest BCUT2D eigenvalue weighted by atomic mass is 10.0. The molecule has 5 nitrogen and oxygen atoms in total. The molecule has 1 amide bonds. The van der Waals surface area contributed by atoms with E-state index in [0.29, 0.717) is 11.6 Å². The molecule has 0 saturated heterocycles. The molecule has 0 aliphatic heterocycles. The Morgan fingerprint density at radius 2 is 2.28 bits per heavy atom. The molecule has 2 N–H and O–H groups in total. The first-order valence-electron chi connectivity index (χ1n) is 6.00. The Hall–Kier alpha value is -1.14. The molecule has 1 aliphatic carbocycles. The summed E-state index contributed by atoms with van der Waals surface area (Å²) < 4.78 is 5.16. The lowest BCUT2D eigenvalue weighted by Crippen LogP contribution is -2.27. The van der Waals surface area contributed by atoms with Crippen molar-refractivity contribution in [3.63, 3.8) is 0 Å². The van der Waals surface area contributed by atoms with E-state index in [9.17, 15) is 9.90 Å². The Morgan fingerprint density at radius 3 is 2.94 bits per heavy atom. The average molecular weight is 270 g/mol. The first-order chi connectivity index (χ1) is 8.33. The molecule has 0 aromatic carbocycles. The molecule has 2 rings (SSSR count). The molecule has 1 aromatic rings. The summed E-state index contributed by atoms with van der Waals surface area (Å²) in [5.41, 5.74) is 0.466. The Balaban J connectivity index is 2.01. The van der Waals surface area contributed by atoms with Gasteiger partial charge in [0.15, 0.2) is 5.13 Å². The number of carbonyl (C=O) groups is 1. The van der Waals surface area contributed by atoms with Gasteiger partial charge in [0.25, 0.3) is 0 Å². The van der Waals surface area contributed by atoms with Gasteiger partial charge in [0.05, 0.1) is 11.8 Å². The standard InChI is InChI=1S/C12H18N2O3S/c1-12(2,3)17-11(16)14-10-13-8-5-4-7(15)6-9(8)18-10/h7,15H,4-6H2,1-3H3,(H,13,14,16). The van der Waals surface area contributed by atoms with Gasteiger partial charge < -0.3 is 9.84 Å². The Bertz CT molecular complexity index is 451. The number of fused-ring (bicyclic) bond motifs is 1. The van der Waals surface area contributed by atoms with Crippen LogP contribution in [0.4, 0.5) is 9.93 Å². The van der Waals surface area contributed by atoms with E-state index in [1.807, 2.05) is 20.8 Å². The quantitative estimate of drug-likeness (QED) is 0.821. The normalized spacial score (nSPS) is 19.2. The van der Waals surface area contributed by atoms with Gasteiger partial charge in [0.2, 0.25) is 0 Å². The maximum Gasteiger partial charge on any atom is 0.413 e. The summed E-state index contributed by atoms with van der Waals surface area (Å²) in [4.78, 5) is 17.0. The van der Waals surface area contributed by atoms with Crippen molar-refractivity contribution < 1.29 is 14.6 Å². The van der Waals surface area contributed by atoms with Crippen LogP contribution in [0.25, 0.3) is 0 Å². The van der Waals surface area contributed by atoms with Crippen molar-refractivity contribution in [1.82, 2.24) is 4.98 Å². The second kappa shape index (κ2) is 4.85. The maximum absolute atomic E-state index is 11.6. The third-order valence-electron chi connectivity index (χ3n) is 2.52. The van der Waals surface area contributed by atoms with Crippen LogP contribution in [0.2, 0.25) is 0 Å². The highest BCUT2D eigenvalue weighted by Crippen LogP contribution is 2.29. The number of nitrogens with zero attached hydrogens (tertiary/aromatic N) is 1. The van der Waals surface area contributed by atoms with Gasteiger partial charge in [-0.15, -0.1) is 11.3 Å². The van der Waals surface area contributed by atoms with Gasteiger partial charge in [-0.25, -0.2) is 9.78 Å². The number of anilines is 1. The fourth-order valence-electron chi connectivity index (χ4n) is 1.80. The second-order valence-electron chi connectivity index (χ2n) is 5.41. The fourth-order valence-corrected chi connectivity index (χ4v) is 2.87. The van der Waals surface area contributed by atoms with E-state index in [4.69, 9.17) is 4.74 Å². The van der Waals surface area contributed by atoms with E-state index >= 15 is 0 Å². The highest BCUT2D eigenvalue weighted by atomic mass is 32.1. The van der Waals surface area contributed by atoms with Gasteiger partial charge in [-0.3, -0.25) is 5.32 Å². The molecular formula is C12H18N2O3S. The van der Waals surface area contributed by atoms with E-state index in [1.165, 1.54) is 11.3 Å². The third-order valence-corrected chi connectivity index (χ3v) is 3.56. The predicted octanol–water partition coefficient (Wildman–Crippen LogP) is 2.34. The number of aryl methyl sites for hydroxylation is 1. The van der Waals surface area contributed by atoms with Gasteiger partial charge in [-0.2, -0.15) is 0 Å². The molecule has 18 heavy (non-hydrogen) atoms. The Morgan fingerprint density at radius 1 is 1.56 bits per heavy atom. The molecule has 1 atom stereocenters. The molecule has 0 fully saturated rings. The van der Waals surface area contributed by atoms with Crippen LogP contribution in [0.5, 0.6) is 0 Å². The van der Waals surface area contributed by atoms with Crippen molar-refractivity contribution in [2.75, 3.05) is 5.32 Å². The molecule has 1 aliphatic rings. The van der Waals surface area contributed by atoms with E-state index < -0.39 is 11.7 Å². The predicted molar refractivity (Wildman–Crippen MR) is 70.0 cm³/mol. The largest absolute Gasteiger partial charge is 0.444 e. The van der Waals surface area contributed by atoms with E-state index in [-0.39, 0.29) is 6.10 Å². The molecule has 0 spiro atoms. The highest BCUT2D eigenvalue weighted by Gasteiger charge is 2.22. The summed E-state index contributed by atoms with van der Waals surface area (Å²) in [5.74, 6) is 0. The number of thiazole rings is 1. The van der Waals surface area contributed by atoms with Crippen LogP contribution in [0.15, 0.2) is 0 Å². The minimum Gasteiger partial charge on any atom is -0.444 e. The highest BCUT2D eigenvalue weighted by molar-refractivity contribution is 7.15. The summed E-state index contributed by atoms with van der Waals surface area (Å²) >= 11 is 1.41. The number of amides is 1. The zero-order valence-corrected chi connectivity index (χ0v) is 11.6. The van der Waals surface area contributed by atoms with E-state index in [1.54, 1.807) is 0 Å². The fraction of sp³-hybridized carbons (Fsp3) is 0.667. The first-order valence-corrected chi connectivity index (χ1v) is 6.82. The lowest BCUT2D eigenvalue weighted by molar-refractivity contribution is 0.0636.